The van der Waals surface area contributed by atoms with E-state index in [1.54, 1.807) is 41.9 Å². The van der Waals surface area contributed by atoms with Gasteiger partial charge in [-0.1, -0.05) is 24.3 Å². The zero-order valence-electron chi connectivity index (χ0n) is 21.6. The predicted molar refractivity (Wildman–Crippen MR) is 142 cm³/mol. The second-order valence-electron chi connectivity index (χ2n) is 10.3. The van der Waals surface area contributed by atoms with Gasteiger partial charge in [0.2, 0.25) is 0 Å². The standard InChI is InChI=1S/C29H26F4N6O/c1-39-16-35-38-27(39)22-13-20(30)6-7-21(22)18-4-2-5-19(12-18)26-36-24-11-17(14-34-15-28(40)8-3-9-28)10-23(25(24)37-26)29(31,32)33/h2,4-7,10-13,16,34,40H,3,8-9,14-15H2,1H3,(H,36,37). The van der Waals surface area contributed by atoms with Gasteiger partial charge in [-0.05, 0) is 66.3 Å². The molecule has 2 aromatic heterocycles. The average Bonchev–Trinajstić information content (AvgIpc) is 3.53. The highest BCUT2D eigenvalue weighted by Gasteiger charge is 2.35. The van der Waals surface area contributed by atoms with Crippen LogP contribution in [0.5, 0.6) is 0 Å². The normalized spacial score (nSPS) is 14.9. The summed E-state index contributed by atoms with van der Waals surface area (Å²) in [4.78, 5) is 7.39. The van der Waals surface area contributed by atoms with Gasteiger partial charge in [0.05, 0.1) is 22.2 Å². The van der Waals surface area contributed by atoms with E-state index >= 15 is 0 Å². The molecule has 1 fully saturated rings. The monoisotopic (exact) mass is 550 g/mol. The molecule has 3 aromatic carbocycles. The van der Waals surface area contributed by atoms with Crippen LogP contribution in [0.4, 0.5) is 17.6 Å². The molecule has 0 saturated heterocycles. The molecule has 0 amide bonds. The molecule has 7 nitrogen and oxygen atoms in total. The number of H-pyrrole nitrogens is 1. The number of benzene rings is 3. The minimum Gasteiger partial charge on any atom is -0.389 e. The van der Waals surface area contributed by atoms with Gasteiger partial charge in [0.15, 0.2) is 5.82 Å². The first kappa shape index (κ1) is 26.1. The van der Waals surface area contributed by atoms with Crippen molar-refractivity contribution < 1.29 is 22.7 Å². The Balaban J connectivity index is 1.37. The number of alkyl halides is 3. The van der Waals surface area contributed by atoms with Crippen LogP contribution >= 0.6 is 0 Å². The van der Waals surface area contributed by atoms with Gasteiger partial charge in [-0.15, -0.1) is 10.2 Å². The second-order valence-corrected chi connectivity index (χ2v) is 10.3. The van der Waals surface area contributed by atoms with Crippen molar-refractivity contribution in [3.63, 3.8) is 0 Å². The zero-order chi connectivity index (χ0) is 28.1. The Morgan fingerprint density at radius 1 is 1.05 bits per heavy atom. The molecule has 6 rings (SSSR count). The van der Waals surface area contributed by atoms with Gasteiger partial charge in [0.1, 0.15) is 18.0 Å². The van der Waals surface area contributed by atoms with Crippen molar-refractivity contribution in [2.75, 3.05) is 6.54 Å². The lowest BCUT2D eigenvalue weighted by Gasteiger charge is -2.36. The van der Waals surface area contributed by atoms with E-state index in [4.69, 9.17) is 0 Å². The van der Waals surface area contributed by atoms with Gasteiger partial charge < -0.3 is 20.0 Å². The van der Waals surface area contributed by atoms with E-state index in [2.05, 4.69) is 25.5 Å². The molecule has 1 aliphatic rings. The molecule has 40 heavy (non-hydrogen) atoms. The number of nitrogens with one attached hydrogen (secondary N) is 2. The predicted octanol–water partition coefficient (Wildman–Crippen LogP) is 5.85. The van der Waals surface area contributed by atoms with Crippen LogP contribution in [0.3, 0.4) is 0 Å². The largest absolute Gasteiger partial charge is 0.418 e. The Labute approximate surface area is 226 Å². The van der Waals surface area contributed by atoms with E-state index < -0.39 is 23.2 Å². The zero-order valence-corrected chi connectivity index (χ0v) is 21.6. The van der Waals surface area contributed by atoms with Crippen LogP contribution in [0.1, 0.15) is 30.4 Å². The number of aromatic amines is 1. The van der Waals surface area contributed by atoms with Crippen molar-refractivity contribution in [3.8, 4) is 33.9 Å². The maximum absolute atomic E-state index is 14.2. The van der Waals surface area contributed by atoms with E-state index in [1.165, 1.54) is 18.5 Å². The summed E-state index contributed by atoms with van der Waals surface area (Å²) in [6.45, 7) is 0.499. The van der Waals surface area contributed by atoms with E-state index in [-0.39, 0.29) is 23.4 Å². The van der Waals surface area contributed by atoms with Gasteiger partial charge in [-0.3, -0.25) is 0 Å². The van der Waals surface area contributed by atoms with Crippen molar-refractivity contribution in [2.24, 2.45) is 7.05 Å². The smallest absolute Gasteiger partial charge is 0.389 e. The van der Waals surface area contributed by atoms with Crippen molar-refractivity contribution in [3.05, 3.63) is 77.9 Å². The number of aromatic nitrogens is 5. The number of hydrogen-bond donors (Lipinski definition) is 3. The summed E-state index contributed by atoms with van der Waals surface area (Å²) >= 11 is 0. The number of halogens is 4. The molecular weight excluding hydrogens is 524 g/mol. The van der Waals surface area contributed by atoms with Crippen LogP contribution in [0.25, 0.3) is 44.9 Å². The number of aryl methyl sites for hydroxylation is 1. The highest BCUT2D eigenvalue weighted by atomic mass is 19.4. The molecule has 0 unspecified atom stereocenters. The Hall–Kier alpha value is -4.09. The van der Waals surface area contributed by atoms with Crippen LogP contribution < -0.4 is 5.32 Å². The molecular formula is C29H26F4N6O. The lowest BCUT2D eigenvalue weighted by Crippen LogP contribution is -2.45. The topological polar surface area (TPSA) is 91.7 Å². The van der Waals surface area contributed by atoms with Crippen LogP contribution in [-0.2, 0) is 19.8 Å². The SMILES string of the molecule is Cn1cnnc1-c1cc(F)ccc1-c1cccc(-c2nc3cc(CNCC4(O)CCC4)cc(C(F)(F)F)c3[nH]2)c1. The molecule has 3 N–H and O–H groups in total. The lowest BCUT2D eigenvalue weighted by molar-refractivity contribution is -0.136. The van der Waals surface area contributed by atoms with Crippen molar-refractivity contribution >= 4 is 11.0 Å². The Bertz CT molecular complexity index is 1700. The maximum Gasteiger partial charge on any atom is 0.418 e. The third-order valence-corrected chi connectivity index (χ3v) is 7.41. The third-order valence-electron chi connectivity index (χ3n) is 7.41. The van der Waals surface area contributed by atoms with Gasteiger partial charge in [0, 0.05) is 31.3 Å². The van der Waals surface area contributed by atoms with Crippen molar-refractivity contribution in [1.82, 2.24) is 30.0 Å². The first-order valence-electron chi connectivity index (χ1n) is 12.9. The van der Waals surface area contributed by atoms with E-state index in [9.17, 15) is 22.7 Å². The minimum absolute atomic E-state index is 0.101. The first-order valence-corrected chi connectivity index (χ1v) is 12.9. The summed E-state index contributed by atoms with van der Waals surface area (Å²) in [6.07, 6.45) is -0.751. The van der Waals surface area contributed by atoms with Crippen LogP contribution in [0, 0.1) is 5.82 Å². The third kappa shape index (κ3) is 4.98. The van der Waals surface area contributed by atoms with E-state index in [1.807, 2.05) is 6.07 Å². The second kappa shape index (κ2) is 9.83. The highest BCUT2D eigenvalue weighted by molar-refractivity contribution is 5.86. The van der Waals surface area contributed by atoms with Crippen molar-refractivity contribution in [1.29, 1.82) is 0 Å². The van der Waals surface area contributed by atoms with E-state index in [0.717, 1.165) is 12.5 Å². The number of imidazole rings is 1. The van der Waals surface area contributed by atoms with Crippen LogP contribution in [0.15, 0.2) is 60.9 Å². The fraction of sp³-hybridized carbons (Fsp3) is 0.276. The molecule has 0 aliphatic heterocycles. The molecule has 1 aliphatic carbocycles. The molecule has 0 atom stereocenters. The first-order chi connectivity index (χ1) is 19.1. The summed E-state index contributed by atoms with van der Waals surface area (Å²) in [5, 5.41) is 21.4. The fourth-order valence-electron chi connectivity index (χ4n) is 5.15. The average molecular weight is 551 g/mol. The fourth-order valence-corrected chi connectivity index (χ4v) is 5.15. The van der Waals surface area contributed by atoms with Crippen LogP contribution in [-0.4, -0.2) is 42.0 Å². The van der Waals surface area contributed by atoms with Gasteiger partial charge in [-0.2, -0.15) is 13.2 Å². The molecule has 2 heterocycles. The summed E-state index contributed by atoms with van der Waals surface area (Å²) in [5.41, 5.74) is 1.44. The molecule has 1 saturated carbocycles. The number of fused-ring (bicyclic) bond motifs is 1. The number of rotatable bonds is 7. The minimum atomic E-state index is -4.59. The summed E-state index contributed by atoms with van der Waals surface area (Å²) < 4.78 is 58.1. The van der Waals surface area contributed by atoms with E-state index in [0.29, 0.717) is 53.0 Å². The van der Waals surface area contributed by atoms with Crippen molar-refractivity contribution in [2.45, 2.75) is 37.6 Å². The molecule has 11 heteroatoms. The Morgan fingerprint density at radius 2 is 1.85 bits per heavy atom. The van der Waals surface area contributed by atoms with Gasteiger partial charge in [-0.25, -0.2) is 9.37 Å². The Morgan fingerprint density at radius 3 is 2.55 bits per heavy atom. The summed E-state index contributed by atoms with van der Waals surface area (Å²) in [6, 6.07) is 14.2. The molecule has 5 aromatic rings. The number of aliphatic hydroxyl groups is 1. The molecule has 206 valence electrons. The maximum atomic E-state index is 14.2. The van der Waals surface area contributed by atoms with Gasteiger partial charge in [0.25, 0.3) is 0 Å². The summed E-state index contributed by atoms with van der Waals surface area (Å²) in [7, 11) is 1.76. The van der Waals surface area contributed by atoms with Crippen LogP contribution in [0.2, 0.25) is 0 Å². The van der Waals surface area contributed by atoms with Gasteiger partial charge >= 0.3 is 6.18 Å². The molecule has 0 spiro atoms. The number of nitrogens with zero attached hydrogens (tertiary/aromatic N) is 4. The Kier molecular flexibility index (Phi) is 6.42. The summed E-state index contributed by atoms with van der Waals surface area (Å²) in [5.74, 6) is 0.324. The quantitative estimate of drug-likeness (QED) is 0.221. The lowest BCUT2D eigenvalue weighted by atomic mass is 9.80. The molecule has 0 radical (unpaired) electrons. The highest BCUT2D eigenvalue weighted by Crippen LogP contribution is 2.38. The number of hydrogen-bond acceptors (Lipinski definition) is 5. The molecule has 0 bridgehead atoms.